The van der Waals surface area contributed by atoms with Crippen LogP contribution in [-0.4, -0.2) is 12.7 Å². The third-order valence-corrected chi connectivity index (χ3v) is 4.16. The van der Waals surface area contributed by atoms with Gasteiger partial charge >= 0.3 is 0 Å². The maximum atomic E-state index is 6.24. The van der Waals surface area contributed by atoms with Gasteiger partial charge in [0.2, 0.25) is 0 Å². The van der Waals surface area contributed by atoms with Gasteiger partial charge in [-0.1, -0.05) is 33.6 Å². The summed E-state index contributed by atoms with van der Waals surface area (Å²) in [4.78, 5) is 0. The first-order chi connectivity index (χ1) is 8.70. The van der Waals surface area contributed by atoms with E-state index >= 15 is 0 Å². The van der Waals surface area contributed by atoms with Gasteiger partial charge in [-0.3, -0.25) is 11.3 Å². The molecule has 1 aromatic rings. The lowest BCUT2D eigenvalue weighted by atomic mass is 10.00. The number of halogens is 2. The van der Waals surface area contributed by atoms with Crippen LogP contribution in [0.4, 0.5) is 0 Å². The highest BCUT2D eigenvalue weighted by Crippen LogP contribution is 2.30. The molecule has 0 amide bonds. The first-order valence-corrected chi connectivity index (χ1v) is 7.40. The molecule has 100 valence electrons. The first kappa shape index (κ1) is 14.3. The molecule has 1 fully saturated rings. The minimum atomic E-state index is 0.0785. The molecule has 2 rings (SSSR count). The van der Waals surface area contributed by atoms with Gasteiger partial charge in [-0.2, -0.15) is 0 Å². The largest absolute Gasteiger partial charge is 0.378 e. The lowest BCUT2D eigenvalue weighted by molar-refractivity contribution is 0.0996. The van der Waals surface area contributed by atoms with E-state index < -0.39 is 0 Å². The van der Waals surface area contributed by atoms with Gasteiger partial charge in [0.05, 0.1) is 6.10 Å². The summed E-state index contributed by atoms with van der Waals surface area (Å²) in [5.74, 6) is 5.64. The van der Waals surface area contributed by atoms with Crippen molar-refractivity contribution < 1.29 is 4.74 Å². The third kappa shape index (κ3) is 3.68. The van der Waals surface area contributed by atoms with Crippen molar-refractivity contribution in [2.45, 2.75) is 37.8 Å². The van der Waals surface area contributed by atoms with Crippen LogP contribution in [0, 0.1) is 0 Å². The number of hydrogen-bond acceptors (Lipinski definition) is 3. The van der Waals surface area contributed by atoms with Crippen molar-refractivity contribution in [1.82, 2.24) is 5.43 Å². The second-order valence-corrected chi connectivity index (χ2v) is 5.92. The Morgan fingerprint density at radius 1 is 1.56 bits per heavy atom. The van der Waals surface area contributed by atoms with Crippen LogP contribution in [0.5, 0.6) is 0 Å². The maximum absolute atomic E-state index is 6.24. The van der Waals surface area contributed by atoms with Crippen molar-refractivity contribution in [3.63, 3.8) is 0 Å². The number of hydrogen-bond donors (Lipinski definition) is 2. The molecule has 1 aliphatic heterocycles. The molecule has 1 aromatic carbocycles. The molecule has 0 spiro atoms. The van der Waals surface area contributed by atoms with Crippen LogP contribution in [0.25, 0.3) is 0 Å². The van der Waals surface area contributed by atoms with Crippen molar-refractivity contribution in [1.29, 1.82) is 0 Å². The molecule has 1 heterocycles. The smallest absolute Gasteiger partial charge is 0.0576 e. The van der Waals surface area contributed by atoms with Crippen LogP contribution in [0.1, 0.15) is 37.3 Å². The number of nitrogens with two attached hydrogens (primary N) is 1. The zero-order valence-electron chi connectivity index (χ0n) is 10.2. The van der Waals surface area contributed by atoms with Crippen LogP contribution in [0.3, 0.4) is 0 Å². The lowest BCUT2D eigenvalue weighted by Gasteiger charge is -2.19. The van der Waals surface area contributed by atoms with E-state index in [0.717, 1.165) is 40.9 Å². The fourth-order valence-electron chi connectivity index (χ4n) is 2.34. The summed E-state index contributed by atoms with van der Waals surface area (Å²) < 4.78 is 6.60. The van der Waals surface area contributed by atoms with Crippen molar-refractivity contribution in [2.75, 3.05) is 6.61 Å². The Hall–Kier alpha value is -0.130. The summed E-state index contributed by atoms with van der Waals surface area (Å²) in [6.45, 7) is 0.893. The predicted molar refractivity (Wildman–Crippen MR) is 77.4 cm³/mol. The molecule has 3 nitrogen and oxygen atoms in total. The van der Waals surface area contributed by atoms with Gasteiger partial charge in [0, 0.05) is 22.1 Å². The van der Waals surface area contributed by atoms with Crippen molar-refractivity contribution in [2.24, 2.45) is 5.84 Å². The second-order valence-electron chi connectivity index (χ2n) is 4.60. The van der Waals surface area contributed by atoms with Gasteiger partial charge in [-0.25, -0.2) is 0 Å². The molecule has 5 heteroatoms. The van der Waals surface area contributed by atoms with E-state index in [4.69, 9.17) is 22.2 Å². The molecule has 0 aromatic heterocycles. The van der Waals surface area contributed by atoms with Gasteiger partial charge in [0.25, 0.3) is 0 Å². The average Bonchev–Trinajstić information content (AvgIpc) is 2.85. The zero-order valence-corrected chi connectivity index (χ0v) is 12.5. The maximum Gasteiger partial charge on any atom is 0.0576 e. The van der Waals surface area contributed by atoms with Crippen molar-refractivity contribution >= 4 is 27.5 Å². The third-order valence-electron chi connectivity index (χ3n) is 3.34. The van der Waals surface area contributed by atoms with E-state index in [-0.39, 0.29) is 6.04 Å². The summed E-state index contributed by atoms with van der Waals surface area (Å²) >= 11 is 9.65. The molecule has 0 aliphatic carbocycles. The second kappa shape index (κ2) is 6.87. The molecule has 1 saturated heterocycles. The standard InChI is InChI=1S/C13H18BrClN2O/c14-9-3-5-11(12(15)8-9)13(17-16)6-4-10-2-1-7-18-10/h3,5,8,10,13,17H,1-2,4,6-7,16H2. The molecule has 18 heavy (non-hydrogen) atoms. The number of nitrogens with one attached hydrogen (secondary N) is 1. The molecule has 2 atom stereocenters. The van der Waals surface area contributed by atoms with Crippen LogP contribution >= 0.6 is 27.5 Å². The van der Waals surface area contributed by atoms with Crippen LogP contribution in [-0.2, 0) is 4.74 Å². The van der Waals surface area contributed by atoms with E-state index in [1.807, 2.05) is 18.2 Å². The van der Waals surface area contributed by atoms with Crippen LogP contribution in [0.2, 0.25) is 5.02 Å². The Morgan fingerprint density at radius 3 is 3.00 bits per heavy atom. The molecular formula is C13H18BrClN2O. The zero-order chi connectivity index (χ0) is 13.0. The number of rotatable bonds is 5. The molecule has 0 bridgehead atoms. The van der Waals surface area contributed by atoms with E-state index in [2.05, 4.69) is 21.4 Å². The van der Waals surface area contributed by atoms with E-state index in [1.54, 1.807) is 0 Å². The number of hydrazine groups is 1. The van der Waals surface area contributed by atoms with Gasteiger partial charge < -0.3 is 4.74 Å². The molecule has 0 radical (unpaired) electrons. The number of benzene rings is 1. The SMILES string of the molecule is NNC(CCC1CCCO1)c1ccc(Br)cc1Cl. The fraction of sp³-hybridized carbons (Fsp3) is 0.538. The lowest BCUT2D eigenvalue weighted by Crippen LogP contribution is -2.29. The monoisotopic (exact) mass is 332 g/mol. The van der Waals surface area contributed by atoms with Crippen LogP contribution in [0.15, 0.2) is 22.7 Å². The highest BCUT2D eigenvalue weighted by Gasteiger charge is 2.19. The molecule has 0 saturated carbocycles. The fourth-order valence-corrected chi connectivity index (χ4v) is 3.14. The van der Waals surface area contributed by atoms with Crippen LogP contribution < -0.4 is 11.3 Å². The summed E-state index contributed by atoms with van der Waals surface area (Å²) in [6.07, 6.45) is 4.66. The topological polar surface area (TPSA) is 47.3 Å². The molecular weight excluding hydrogens is 316 g/mol. The quantitative estimate of drug-likeness (QED) is 0.640. The normalized spacial score (nSPS) is 21.2. The number of ether oxygens (including phenoxy) is 1. The minimum Gasteiger partial charge on any atom is -0.378 e. The van der Waals surface area contributed by atoms with Gasteiger partial charge in [-0.05, 0) is 43.4 Å². The Morgan fingerprint density at radius 2 is 2.39 bits per heavy atom. The summed E-state index contributed by atoms with van der Waals surface area (Å²) in [6, 6.07) is 5.96. The van der Waals surface area contributed by atoms with E-state index in [1.165, 1.54) is 6.42 Å². The molecule has 2 unspecified atom stereocenters. The Kier molecular flexibility index (Phi) is 5.45. The summed E-state index contributed by atoms with van der Waals surface area (Å²) in [7, 11) is 0. The summed E-state index contributed by atoms with van der Waals surface area (Å²) in [5, 5.41) is 0.736. The van der Waals surface area contributed by atoms with E-state index in [0.29, 0.717) is 6.10 Å². The van der Waals surface area contributed by atoms with E-state index in [9.17, 15) is 0 Å². The molecule has 3 N–H and O–H groups in total. The highest BCUT2D eigenvalue weighted by atomic mass is 79.9. The average molecular weight is 334 g/mol. The van der Waals surface area contributed by atoms with Gasteiger partial charge in [-0.15, -0.1) is 0 Å². The highest BCUT2D eigenvalue weighted by molar-refractivity contribution is 9.10. The minimum absolute atomic E-state index is 0.0785. The summed E-state index contributed by atoms with van der Waals surface area (Å²) in [5.41, 5.74) is 3.89. The Balaban J connectivity index is 1.98. The predicted octanol–water partition coefficient (Wildman–Crippen LogP) is 3.57. The molecule has 1 aliphatic rings. The van der Waals surface area contributed by atoms with Gasteiger partial charge in [0.15, 0.2) is 0 Å². The van der Waals surface area contributed by atoms with Gasteiger partial charge in [0.1, 0.15) is 0 Å². The Labute approximate surface area is 121 Å². The Bertz CT molecular complexity index is 397. The van der Waals surface area contributed by atoms with Crippen molar-refractivity contribution in [3.8, 4) is 0 Å². The van der Waals surface area contributed by atoms with Crippen molar-refractivity contribution in [3.05, 3.63) is 33.3 Å². The first-order valence-electron chi connectivity index (χ1n) is 6.23.